The number of aliphatic hydroxyl groups excluding tert-OH is 2. The fourth-order valence-electron chi connectivity index (χ4n) is 9.37. The Labute approximate surface area is 192 Å². The number of aliphatic hydroxyl groups is 2. The van der Waals surface area contributed by atoms with Gasteiger partial charge in [0.15, 0.2) is 0 Å². The van der Waals surface area contributed by atoms with Gasteiger partial charge in [0.25, 0.3) is 0 Å². The molecule has 10 atom stereocenters. The van der Waals surface area contributed by atoms with Crippen molar-refractivity contribution in [3.8, 4) is 0 Å². The fourth-order valence-corrected chi connectivity index (χ4v) is 9.37. The Morgan fingerprint density at radius 1 is 0.968 bits per heavy atom. The lowest BCUT2D eigenvalue weighted by Gasteiger charge is -2.65. The van der Waals surface area contributed by atoms with Crippen LogP contribution in [0.15, 0.2) is 11.6 Å². The molecule has 0 saturated heterocycles. The van der Waals surface area contributed by atoms with Crippen LogP contribution in [0.25, 0.3) is 0 Å². The molecule has 3 saturated carbocycles. The molecule has 0 spiro atoms. The van der Waals surface area contributed by atoms with Crippen molar-refractivity contribution in [2.45, 2.75) is 118 Å². The predicted molar refractivity (Wildman–Crippen MR) is 130 cm³/mol. The van der Waals surface area contributed by atoms with Gasteiger partial charge in [-0.3, -0.25) is 0 Å². The Bertz CT molecular complexity index is 697. The van der Waals surface area contributed by atoms with Gasteiger partial charge in [0.2, 0.25) is 0 Å². The van der Waals surface area contributed by atoms with E-state index in [1.54, 1.807) is 5.57 Å². The highest BCUT2D eigenvalue weighted by molar-refractivity contribution is 5.27. The first kappa shape index (κ1) is 23.8. The third-order valence-electron chi connectivity index (χ3n) is 11.9. The minimum absolute atomic E-state index is 0.134. The van der Waals surface area contributed by atoms with Gasteiger partial charge in [-0.25, -0.2) is 0 Å². The quantitative estimate of drug-likeness (QED) is 0.461. The van der Waals surface area contributed by atoms with E-state index < -0.39 is 0 Å². The van der Waals surface area contributed by atoms with Crippen molar-refractivity contribution < 1.29 is 10.2 Å². The molecule has 4 aliphatic carbocycles. The molecule has 2 heteroatoms. The van der Waals surface area contributed by atoms with Crippen LogP contribution in [0.4, 0.5) is 0 Å². The first-order valence-corrected chi connectivity index (χ1v) is 13.5. The highest BCUT2D eigenvalue weighted by Gasteiger charge is 2.66. The maximum atomic E-state index is 10.5. The van der Waals surface area contributed by atoms with Gasteiger partial charge >= 0.3 is 0 Å². The van der Waals surface area contributed by atoms with Crippen LogP contribution in [0.5, 0.6) is 0 Å². The van der Waals surface area contributed by atoms with Gasteiger partial charge in [-0.05, 0) is 104 Å². The Morgan fingerprint density at radius 2 is 1.68 bits per heavy atom. The van der Waals surface area contributed by atoms with Crippen molar-refractivity contribution in [2.24, 2.45) is 51.8 Å². The van der Waals surface area contributed by atoms with E-state index in [0.29, 0.717) is 39.9 Å². The van der Waals surface area contributed by atoms with Crippen molar-refractivity contribution in [1.29, 1.82) is 0 Å². The zero-order valence-electron chi connectivity index (χ0n) is 21.5. The molecule has 2 nitrogen and oxygen atoms in total. The molecule has 0 aliphatic heterocycles. The first-order valence-electron chi connectivity index (χ1n) is 13.5. The highest BCUT2D eigenvalue weighted by atomic mass is 16.3. The van der Waals surface area contributed by atoms with Crippen molar-refractivity contribution in [3.05, 3.63) is 11.6 Å². The lowest BCUT2D eigenvalue weighted by atomic mass is 9.40. The van der Waals surface area contributed by atoms with E-state index >= 15 is 0 Å². The molecule has 31 heavy (non-hydrogen) atoms. The third-order valence-corrected chi connectivity index (χ3v) is 11.9. The lowest BCUT2D eigenvalue weighted by Crippen LogP contribution is -2.58. The SMILES string of the molecule is CC(C)C(O)CCC(C)C1CCC2(C)C3CC=C4C(CCC(O)[C@@H]4C)[C@]3(C)CC[C@]12C. The molecular weight excluding hydrogens is 380 g/mol. The van der Waals surface area contributed by atoms with E-state index in [0.717, 1.165) is 24.7 Å². The number of fused-ring (bicyclic) bond motifs is 5. The molecule has 4 aliphatic rings. The summed E-state index contributed by atoms with van der Waals surface area (Å²) in [5.41, 5.74) is 2.83. The van der Waals surface area contributed by atoms with Crippen molar-refractivity contribution in [1.82, 2.24) is 0 Å². The van der Waals surface area contributed by atoms with E-state index in [1.165, 1.54) is 44.9 Å². The molecule has 3 fully saturated rings. The minimum atomic E-state index is -0.150. The van der Waals surface area contributed by atoms with Gasteiger partial charge in [0, 0.05) is 5.92 Å². The third kappa shape index (κ3) is 3.49. The Kier molecular flexibility index (Phi) is 6.26. The van der Waals surface area contributed by atoms with Crippen LogP contribution in [-0.4, -0.2) is 22.4 Å². The maximum Gasteiger partial charge on any atom is 0.0603 e. The molecule has 2 N–H and O–H groups in total. The van der Waals surface area contributed by atoms with Crippen LogP contribution >= 0.6 is 0 Å². The number of hydrogen-bond acceptors (Lipinski definition) is 2. The van der Waals surface area contributed by atoms with Gasteiger partial charge in [-0.15, -0.1) is 0 Å². The smallest absolute Gasteiger partial charge is 0.0603 e. The molecule has 0 aromatic carbocycles. The van der Waals surface area contributed by atoms with Crippen LogP contribution < -0.4 is 0 Å². The highest BCUT2D eigenvalue weighted by Crippen LogP contribution is 2.74. The summed E-state index contributed by atoms with van der Waals surface area (Å²) < 4.78 is 0. The lowest BCUT2D eigenvalue weighted by molar-refractivity contribution is -0.141. The van der Waals surface area contributed by atoms with Crippen LogP contribution in [-0.2, 0) is 0 Å². The van der Waals surface area contributed by atoms with Gasteiger partial charge in [-0.2, -0.15) is 0 Å². The van der Waals surface area contributed by atoms with E-state index in [9.17, 15) is 10.2 Å². The summed E-state index contributed by atoms with van der Waals surface area (Å²) in [7, 11) is 0. The fraction of sp³-hybridized carbons (Fsp3) is 0.931. The van der Waals surface area contributed by atoms with Gasteiger partial charge in [0.1, 0.15) is 0 Å². The summed E-state index contributed by atoms with van der Waals surface area (Å²) in [5.74, 6) is 3.66. The summed E-state index contributed by atoms with van der Waals surface area (Å²) >= 11 is 0. The average Bonchev–Trinajstić information content (AvgIpc) is 3.00. The maximum absolute atomic E-state index is 10.5. The van der Waals surface area contributed by atoms with Crippen molar-refractivity contribution >= 4 is 0 Å². The number of allylic oxidation sites excluding steroid dienone is 1. The van der Waals surface area contributed by atoms with E-state index in [4.69, 9.17) is 0 Å². The van der Waals surface area contributed by atoms with E-state index in [2.05, 4.69) is 54.5 Å². The summed E-state index contributed by atoms with van der Waals surface area (Å²) in [6.07, 6.45) is 13.3. The normalized spacial score (nSPS) is 49.1. The average molecular weight is 431 g/mol. The molecule has 0 radical (unpaired) electrons. The molecule has 0 aromatic heterocycles. The van der Waals surface area contributed by atoms with Crippen LogP contribution in [0.2, 0.25) is 0 Å². The van der Waals surface area contributed by atoms with Gasteiger partial charge < -0.3 is 10.2 Å². The monoisotopic (exact) mass is 430 g/mol. The van der Waals surface area contributed by atoms with Crippen LogP contribution in [0, 0.1) is 51.8 Å². The molecule has 0 bridgehead atoms. The molecular formula is C29H50O2. The second-order valence-electron chi connectivity index (χ2n) is 13.3. The molecule has 0 heterocycles. The molecule has 4 rings (SSSR count). The summed E-state index contributed by atoms with van der Waals surface area (Å²) in [6, 6.07) is 0. The molecule has 0 amide bonds. The van der Waals surface area contributed by atoms with E-state index in [1.807, 2.05) is 0 Å². The van der Waals surface area contributed by atoms with E-state index in [-0.39, 0.29) is 12.2 Å². The topological polar surface area (TPSA) is 40.5 Å². The molecule has 178 valence electrons. The standard InChI is InChI=1S/C29H50O2/c1-18(2)24(30)11-8-19(3)22-14-15-29(7)26-13-9-21-20(4)25(31)12-10-23(21)27(26,5)16-17-28(22,29)6/h9,18-20,22-26,30-31H,8,10-17H2,1-7H3/t19?,20-,22?,23?,24?,25?,26?,27+,28-,29?/m1/s1. The summed E-state index contributed by atoms with van der Waals surface area (Å²) in [6.45, 7) is 16.9. The number of hydrogen-bond donors (Lipinski definition) is 2. The Hall–Kier alpha value is -0.340. The van der Waals surface area contributed by atoms with Gasteiger partial charge in [-0.1, -0.05) is 60.1 Å². The van der Waals surface area contributed by atoms with Gasteiger partial charge in [0.05, 0.1) is 12.2 Å². The minimum Gasteiger partial charge on any atom is -0.393 e. The summed E-state index contributed by atoms with van der Waals surface area (Å²) in [5, 5.41) is 20.9. The zero-order chi connectivity index (χ0) is 22.8. The molecule has 7 unspecified atom stereocenters. The Balaban J connectivity index is 1.57. The van der Waals surface area contributed by atoms with Crippen LogP contribution in [0.3, 0.4) is 0 Å². The second-order valence-corrected chi connectivity index (χ2v) is 13.3. The van der Waals surface area contributed by atoms with Crippen molar-refractivity contribution in [3.63, 3.8) is 0 Å². The Morgan fingerprint density at radius 3 is 2.35 bits per heavy atom. The van der Waals surface area contributed by atoms with Crippen molar-refractivity contribution in [2.75, 3.05) is 0 Å². The largest absolute Gasteiger partial charge is 0.393 e. The molecule has 0 aromatic rings. The predicted octanol–water partition coefficient (Wildman–Crippen LogP) is 7.00. The zero-order valence-corrected chi connectivity index (χ0v) is 21.5. The van der Waals surface area contributed by atoms with Crippen LogP contribution in [0.1, 0.15) is 106 Å². The summed E-state index contributed by atoms with van der Waals surface area (Å²) in [4.78, 5) is 0. The second kappa shape index (κ2) is 8.15. The number of rotatable bonds is 5. The first-order chi connectivity index (χ1) is 14.5.